The monoisotopic (exact) mass is 363 g/mol. The minimum absolute atomic E-state index is 0.0438. The molecule has 0 saturated carbocycles. The summed E-state index contributed by atoms with van der Waals surface area (Å²) in [5, 5.41) is 14.5. The van der Waals surface area contributed by atoms with E-state index >= 15 is 0 Å². The van der Waals surface area contributed by atoms with Crippen LogP contribution in [0.5, 0.6) is 0 Å². The number of aromatic nitrogens is 7. The first kappa shape index (κ1) is 16.2. The maximum absolute atomic E-state index is 5.98. The number of rotatable bonds is 3. The van der Waals surface area contributed by atoms with E-state index in [1.54, 1.807) is 9.36 Å². The highest BCUT2D eigenvalue weighted by Crippen LogP contribution is 2.34. The Kier molecular flexibility index (Phi) is 3.78. The number of nitrogens with zero attached hydrogens (tertiary/aromatic N) is 7. The summed E-state index contributed by atoms with van der Waals surface area (Å²) in [5.41, 5.74) is 4.73. The predicted octanol–water partition coefficient (Wildman–Crippen LogP) is 2.93. The second-order valence-electron chi connectivity index (χ2n) is 7.01. The molecule has 4 aromatic rings. The maximum atomic E-state index is 5.98. The maximum Gasteiger partial charge on any atom is 0.150 e. The summed E-state index contributed by atoms with van der Waals surface area (Å²) in [6.07, 6.45) is 12.7. The number of ether oxygens (including phenoxy) is 1. The molecule has 8 heteroatoms. The van der Waals surface area contributed by atoms with Gasteiger partial charge in [-0.3, -0.25) is 14.3 Å². The predicted molar refractivity (Wildman–Crippen MR) is 101 cm³/mol. The zero-order chi connectivity index (χ0) is 18.4. The average Bonchev–Trinajstić information content (AvgIpc) is 3.40. The van der Waals surface area contributed by atoms with E-state index in [-0.39, 0.29) is 6.23 Å². The van der Waals surface area contributed by atoms with Crippen LogP contribution in [0.15, 0.2) is 37.1 Å². The quantitative estimate of drug-likeness (QED) is 0.559. The fourth-order valence-corrected chi connectivity index (χ4v) is 3.64. The van der Waals surface area contributed by atoms with Crippen molar-refractivity contribution < 1.29 is 4.74 Å². The minimum atomic E-state index is -0.0438. The molecule has 0 aliphatic carbocycles. The highest BCUT2D eigenvalue weighted by atomic mass is 16.5. The summed E-state index contributed by atoms with van der Waals surface area (Å²) >= 11 is 0. The van der Waals surface area contributed by atoms with Crippen LogP contribution >= 0.6 is 0 Å². The van der Waals surface area contributed by atoms with Gasteiger partial charge in [0.2, 0.25) is 0 Å². The number of hydrogen-bond donors (Lipinski definition) is 0. The molecule has 0 aromatic carbocycles. The lowest BCUT2D eigenvalue weighted by atomic mass is 10.1. The molecule has 0 N–H and O–H groups in total. The van der Waals surface area contributed by atoms with Crippen molar-refractivity contribution in [2.75, 3.05) is 6.61 Å². The topological polar surface area (TPSA) is 75.6 Å². The third-order valence-corrected chi connectivity index (χ3v) is 5.00. The molecule has 0 spiro atoms. The van der Waals surface area contributed by atoms with Crippen molar-refractivity contribution in [3.63, 3.8) is 0 Å². The van der Waals surface area contributed by atoms with E-state index in [2.05, 4.69) is 21.2 Å². The Morgan fingerprint density at radius 3 is 2.44 bits per heavy atom. The van der Waals surface area contributed by atoms with Crippen molar-refractivity contribution in [1.29, 1.82) is 0 Å². The van der Waals surface area contributed by atoms with Crippen LogP contribution in [0, 0.1) is 0 Å². The molecule has 1 aliphatic heterocycles. The normalized spacial score (nSPS) is 17.6. The molecular formula is C19H21N7O. The highest BCUT2D eigenvalue weighted by Gasteiger charge is 2.23. The Hall–Kier alpha value is -3.00. The van der Waals surface area contributed by atoms with Crippen LogP contribution in [-0.2, 0) is 18.8 Å². The van der Waals surface area contributed by atoms with Gasteiger partial charge in [-0.15, -0.1) is 0 Å². The van der Waals surface area contributed by atoms with Gasteiger partial charge >= 0.3 is 0 Å². The van der Waals surface area contributed by atoms with Gasteiger partial charge in [-0.2, -0.15) is 15.3 Å². The van der Waals surface area contributed by atoms with E-state index in [0.29, 0.717) is 0 Å². The van der Waals surface area contributed by atoms with Crippen molar-refractivity contribution in [3.05, 3.63) is 37.1 Å². The lowest BCUT2D eigenvalue weighted by Crippen LogP contribution is -2.19. The van der Waals surface area contributed by atoms with Gasteiger partial charge in [-0.05, 0) is 25.3 Å². The highest BCUT2D eigenvalue weighted by molar-refractivity contribution is 5.94. The smallest absolute Gasteiger partial charge is 0.150 e. The molecule has 1 atom stereocenters. The molecule has 138 valence electrons. The van der Waals surface area contributed by atoms with Crippen LogP contribution < -0.4 is 0 Å². The minimum Gasteiger partial charge on any atom is -0.356 e. The van der Waals surface area contributed by atoms with E-state index in [0.717, 1.165) is 59.3 Å². The molecule has 1 unspecified atom stereocenters. The summed E-state index contributed by atoms with van der Waals surface area (Å²) in [6.45, 7) is 0.773. The molecule has 5 rings (SSSR count). The summed E-state index contributed by atoms with van der Waals surface area (Å²) in [5.74, 6) is 0. The van der Waals surface area contributed by atoms with E-state index in [1.165, 1.54) is 0 Å². The Labute approximate surface area is 156 Å². The Morgan fingerprint density at radius 2 is 1.78 bits per heavy atom. The van der Waals surface area contributed by atoms with E-state index < -0.39 is 0 Å². The van der Waals surface area contributed by atoms with Gasteiger partial charge in [-0.1, -0.05) is 0 Å². The first-order chi connectivity index (χ1) is 13.2. The SMILES string of the molecule is Cn1cc(-c2cc3c(-c4cnn(C)c4)nn(C4CCCCO4)c3cn2)cn1. The van der Waals surface area contributed by atoms with Gasteiger partial charge in [-0.25, -0.2) is 4.68 Å². The third-order valence-electron chi connectivity index (χ3n) is 5.00. The standard InChI is InChI=1S/C19H21N7O/c1-24-11-13(8-21-24)16-7-15-17(10-20-16)26(18-5-3-4-6-27-18)23-19(15)14-9-22-25(2)12-14/h7-12,18H,3-6H2,1-2H3. The lowest BCUT2D eigenvalue weighted by Gasteiger charge is -2.23. The number of pyridine rings is 1. The summed E-state index contributed by atoms with van der Waals surface area (Å²) in [7, 11) is 3.82. The number of fused-ring (bicyclic) bond motifs is 1. The van der Waals surface area contributed by atoms with Crippen molar-refractivity contribution in [3.8, 4) is 22.5 Å². The zero-order valence-corrected chi connectivity index (χ0v) is 15.4. The molecule has 4 aromatic heterocycles. The van der Waals surface area contributed by atoms with Crippen molar-refractivity contribution >= 4 is 10.9 Å². The average molecular weight is 363 g/mol. The molecule has 1 aliphatic rings. The van der Waals surface area contributed by atoms with Crippen LogP contribution in [0.1, 0.15) is 25.5 Å². The lowest BCUT2D eigenvalue weighted by molar-refractivity contribution is -0.0365. The van der Waals surface area contributed by atoms with Gasteiger partial charge in [0, 0.05) is 49.6 Å². The first-order valence-corrected chi connectivity index (χ1v) is 9.17. The van der Waals surface area contributed by atoms with Crippen LogP contribution in [0.2, 0.25) is 0 Å². The van der Waals surface area contributed by atoms with Crippen molar-refractivity contribution in [2.45, 2.75) is 25.5 Å². The Bertz CT molecular complexity index is 1100. The second-order valence-corrected chi connectivity index (χ2v) is 7.01. The Balaban J connectivity index is 1.70. The van der Waals surface area contributed by atoms with Gasteiger partial charge < -0.3 is 4.74 Å². The molecular weight excluding hydrogens is 342 g/mol. The van der Waals surface area contributed by atoms with Crippen LogP contribution in [0.4, 0.5) is 0 Å². The molecule has 27 heavy (non-hydrogen) atoms. The van der Waals surface area contributed by atoms with Crippen LogP contribution in [0.25, 0.3) is 33.4 Å². The molecule has 0 bridgehead atoms. The summed E-state index contributed by atoms with van der Waals surface area (Å²) in [4.78, 5) is 4.67. The Morgan fingerprint density at radius 1 is 1.00 bits per heavy atom. The largest absolute Gasteiger partial charge is 0.356 e. The molecule has 1 fully saturated rings. The fourth-order valence-electron chi connectivity index (χ4n) is 3.64. The van der Waals surface area contributed by atoms with Crippen LogP contribution in [-0.4, -0.2) is 40.9 Å². The van der Waals surface area contributed by atoms with E-state index in [4.69, 9.17) is 9.84 Å². The molecule has 8 nitrogen and oxygen atoms in total. The number of hydrogen-bond acceptors (Lipinski definition) is 5. The molecule has 0 radical (unpaired) electrons. The third kappa shape index (κ3) is 2.82. The summed E-state index contributed by atoms with van der Waals surface area (Å²) < 4.78 is 11.5. The second kappa shape index (κ2) is 6.31. The molecule has 1 saturated heterocycles. The molecule has 0 amide bonds. The van der Waals surface area contributed by atoms with Gasteiger partial charge in [0.05, 0.1) is 29.8 Å². The van der Waals surface area contributed by atoms with Gasteiger partial charge in [0.25, 0.3) is 0 Å². The van der Waals surface area contributed by atoms with Gasteiger partial charge in [0.15, 0.2) is 6.23 Å². The zero-order valence-electron chi connectivity index (χ0n) is 15.4. The van der Waals surface area contributed by atoms with E-state index in [9.17, 15) is 0 Å². The number of aryl methyl sites for hydroxylation is 2. The summed E-state index contributed by atoms with van der Waals surface area (Å²) in [6, 6.07) is 2.08. The van der Waals surface area contributed by atoms with Gasteiger partial charge in [0.1, 0.15) is 5.69 Å². The van der Waals surface area contributed by atoms with Crippen molar-refractivity contribution in [2.24, 2.45) is 14.1 Å². The molecule has 5 heterocycles. The van der Waals surface area contributed by atoms with Crippen LogP contribution in [0.3, 0.4) is 0 Å². The van der Waals surface area contributed by atoms with E-state index in [1.807, 2.05) is 49.8 Å². The van der Waals surface area contributed by atoms with Crippen molar-refractivity contribution in [1.82, 2.24) is 34.3 Å². The first-order valence-electron chi connectivity index (χ1n) is 9.17. The fraction of sp³-hybridized carbons (Fsp3) is 0.368.